The molecule has 9 heteroatoms. The molecule has 1 saturated heterocycles. The highest BCUT2D eigenvalue weighted by atomic mass is 16.5. The zero-order valence-corrected chi connectivity index (χ0v) is 29.8. The van der Waals surface area contributed by atoms with E-state index in [1.54, 1.807) is 0 Å². The molecule has 9 nitrogen and oxygen atoms in total. The quantitative estimate of drug-likeness (QED) is 0.143. The van der Waals surface area contributed by atoms with Crippen molar-refractivity contribution in [2.24, 2.45) is 5.41 Å². The summed E-state index contributed by atoms with van der Waals surface area (Å²) in [5, 5.41) is 11.5. The van der Waals surface area contributed by atoms with Crippen LogP contribution in [0.15, 0.2) is 72.9 Å². The number of alkyl carbamates (subject to hydrolysis) is 1. The number of ether oxygens (including phenoxy) is 4. The van der Waals surface area contributed by atoms with Crippen LogP contribution in [0.4, 0.5) is 4.79 Å². The summed E-state index contributed by atoms with van der Waals surface area (Å²) in [6, 6.07) is 20.7. The number of aromatic nitrogens is 2. The molecule has 1 amide bonds. The third-order valence-electron chi connectivity index (χ3n) is 9.09. The second-order valence-corrected chi connectivity index (χ2v) is 14.6. The van der Waals surface area contributed by atoms with Gasteiger partial charge in [0.2, 0.25) is 0 Å². The molecule has 0 saturated carbocycles. The second kappa shape index (κ2) is 18.5. The lowest BCUT2D eigenvalue weighted by molar-refractivity contribution is -0.0397. The molecule has 49 heavy (non-hydrogen) atoms. The molecule has 2 N–H and O–H groups in total. The number of carbonyl (C=O) groups is 1. The number of nitrogens with one attached hydrogen (secondary N) is 2. The van der Waals surface area contributed by atoms with Crippen LogP contribution in [0, 0.1) is 5.41 Å². The highest BCUT2D eigenvalue weighted by Gasteiger charge is 2.34. The van der Waals surface area contributed by atoms with Crippen molar-refractivity contribution in [2.75, 3.05) is 39.5 Å². The van der Waals surface area contributed by atoms with E-state index in [2.05, 4.69) is 76.1 Å². The van der Waals surface area contributed by atoms with Crippen LogP contribution in [-0.2, 0) is 38.6 Å². The van der Waals surface area contributed by atoms with Gasteiger partial charge < -0.3 is 29.6 Å². The minimum atomic E-state index is -0.371. The van der Waals surface area contributed by atoms with Gasteiger partial charge in [-0.1, -0.05) is 66.7 Å². The lowest BCUT2D eigenvalue weighted by Gasteiger charge is -2.36. The lowest BCUT2D eigenvalue weighted by Crippen LogP contribution is -2.41. The van der Waals surface area contributed by atoms with Crippen LogP contribution < -0.4 is 10.6 Å². The van der Waals surface area contributed by atoms with Crippen molar-refractivity contribution < 1.29 is 23.7 Å². The highest BCUT2D eigenvalue weighted by Crippen LogP contribution is 2.41. The molecule has 2 aliphatic rings. The van der Waals surface area contributed by atoms with Gasteiger partial charge in [-0.3, -0.25) is 0 Å². The van der Waals surface area contributed by atoms with Crippen molar-refractivity contribution >= 4 is 11.7 Å². The van der Waals surface area contributed by atoms with Crippen LogP contribution in [0.1, 0.15) is 94.3 Å². The van der Waals surface area contributed by atoms with Crippen molar-refractivity contribution in [3.8, 4) is 0 Å². The van der Waals surface area contributed by atoms with Crippen molar-refractivity contribution in [3.05, 3.63) is 95.3 Å². The normalized spacial score (nSPS) is 17.8. The Morgan fingerprint density at radius 1 is 0.980 bits per heavy atom. The molecule has 1 atom stereocenters. The molecular formula is C40H56N4O5. The van der Waals surface area contributed by atoms with E-state index in [9.17, 15) is 4.79 Å². The summed E-state index contributed by atoms with van der Waals surface area (Å²) >= 11 is 0. The van der Waals surface area contributed by atoms with Gasteiger partial charge in [0, 0.05) is 23.8 Å². The second-order valence-electron chi connectivity index (χ2n) is 14.6. The molecule has 1 fully saturated rings. The van der Waals surface area contributed by atoms with Crippen LogP contribution in [0.5, 0.6) is 0 Å². The summed E-state index contributed by atoms with van der Waals surface area (Å²) in [5.74, 6) is 0. The average molecular weight is 673 g/mol. The third-order valence-corrected chi connectivity index (χ3v) is 9.09. The largest absolute Gasteiger partial charge is 0.450 e. The molecule has 266 valence electrons. The van der Waals surface area contributed by atoms with Crippen molar-refractivity contribution in [2.45, 2.75) is 97.1 Å². The van der Waals surface area contributed by atoms with Crippen molar-refractivity contribution in [1.29, 1.82) is 0 Å². The number of amides is 1. The minimum Gasteiger partial charge on any atom is -0.450 e. The smallest absolute Gasteiger partial charge is 0.407 e. The first kappa shape index (κ1) is 36.8. The summed E-state index contributed by atoms with van der Waals surface area (Å²) in [7, 11) is 0. The van der Waals surface area contributed by atoms with Crippen LogP contribution in [0.2, 0.25) is 0 Å². The van der Waals surface area contributed by atoms with Crippen LogP contribution in [0.3, 0.4) is 0 Å². The molecule has 1 unspecified atom stereocenters. The predicted molar refractivity (Wildman–Crippen MR) is 193 cm³/mol. The van der Waals surface area contributed by atoms with Crippen LogP contribution in [0.25, 0.3) is 5.57 Å². The fraction of sp³-hybridized carbons (Fsp3) is 0.550. The molecule has 1 aromatic heterocycles. The van der Waals surface area contributed by atoms with E-state index in [0.29, 0.717) is 33.0 Å². The van der Waals surface area contributed by atoms with Crippen molar-refractivity contribution in [1.82, 2.24) is 20.4 Å². The number of hydrogen-bond acceptors (Lipinski definition) is 7. The standard InChI is InChI=1S/C40H56N4O5/c1-39(2,3)42-38(45)49-26-12-23-41-24-20-35-27-44(36-17-10-11-25-48-36)43-37(35)34-18-21-40(22-19-34,30-46-28-32-13-6-4-7-14-32)31-47-29-33-15-8-5-9-16-33/h4-9,13-16,18,27,36,41H,10-12,17,19-26,28-31H2,1-3H3,(H,42,45). The fourth-order valence-corrected chi connectivity index (χ4v) is 6.40. The van der Waals surface area contributed by atoms with Gasteiger partial charge in [-0.25, -0.2) is 9.48 Å². The van der Waals surface area contributed by atoms with E-state index in [1.807, 2.05) is 32.9 Å². The minimum absolute atomic E-state index is 0.00772. The number of hydrogen-bond donors (Lipinski definition) is 2. The lowest BCUT2D eigenvalue weighted by atomic mass is 9.75. The maximum absolute atomic E-state index is 11.9. The Hall–Kier alpha value is -3.50. The van der Waals surface area contributed by atoms with E-state index < -0.39 is 0 Å². The van der Waals surface area contributed by atoms with Crippen LogP contribution in [-0.4, -0.2) is 60.9 Å². The number of allylic oxidation sites excluding steroid dienone is 2. The summed E-state index contributed by atoms with van der Waals surface area (Å²) in [6.07, 6.45) is 11.8. The summed E-state index contributed by atoms with van der Waals surface area (Å²) in [6.45, 7) is 11.0. The molecule has 1 aliphatic carbocycles. The maximum Gasteiger partial charge on any atom is 0.407 e. The van der Waals surface area contributed by atoms with Gasteiger partial charge in [0.1, 0.15) is 6.23 Å². The molecule has 0 spiro atoms. The number of nitrogens with zero attached hydrogens (tertiary/aromatic N) is 2. The van der Waals surface area contributed by atoms with Gasteiger partial charge >= 0.3 is 6.09 Å². The first-order valence-corrected chi connectivity index (χ1v) is 18.1. The average Bonchev–Trinajstić information content (AvgIpc) is 3.53. The van der Waals surface area contributed by atoms with E-state index in [0.717, 1.165) is 76.8 Å². The number of rotatable bonds is 17. The summed E-state index contributed by atoms with van der Waals surface area (Å²) < 4.78 is 26.2. The molecule has 5 rings (SSSR count). The van der Waals surface area contributed by atoms with E-state index in [-0.39, 0.29) is 23.3 Å². The third kappa shape index (κ3) is 12.1. The van der Waals surface area contributed by atoms with Gasteiger partial charge in [0.15, 0.2) is 0 Å². The summed E-state index contributed by atoms with van der Waals surface area (Å²) in [4.78, 5) is 11.9. The highest BCUT2D eigenvalue weighted by molar-refractivity contribution is 5.68. The predicted octanol–water partition coefficient (Wildman–Crippen LogP) is 7.62. The molecule has 0 bridgehead atoms. The van der Waals surface area contributed by atoms with Gasteiger partial charge in [-0.15, -0.1) is 0 Å². The molecular weight excluding hydrogens is 616 g/mol. The van der Waals surface area contributed by atoms with Gasteiger partial charge in [0.05, 0.1) is 38.7 Å². The Bertz CT molecular complexity index is 1400. The Kier molecular flexibility index (Phi) is 13.9. The van der Waals surface area contributed by atoms with Gasteiger partial charge in [-0.2, -0.15) is 5.10 Å². The molecule has 3 aromatic rings. The fourth-order valence-electron chi connectivity index (χ4n) is 6.40. The van der Waals surface area contributed by atoms with E-state index in [1.165, 1.54) is 22.3 Å². The van der Waals surface area contributed by atoms with Crippen molar-refractivity contribution in [3.63, 3.8) is 0 Å². The molecule has 2 aromatic carbocycles. The number of carbonyl (C=O) groups excluding carboxylic acids is 1. The van der Waals surface area contributed by atoms with E-state index >= 15 is 0 Å². The topological polar surface area (TPSA) is 95.9 Å². The SMILES string of the molecule is CC(C)(C)NC(=O)OCCCNCCc1cn(C2CCCCO2)nc1C1=CCC(COCc2ccccc2)(COCc2ccccc2)CC1. The zero-order valence-electron chi connectivity index (χ0n) is 29.8. The number of benzene rings is 2. The monoisotopic (exact) mass is 672 g/mol. The molecule has 1 aliphatic heterocycles. The molecule has 0 radical (unpaired) electrons. The Labute approximate surface area is 292 Å². The molecule has 2 heterocycles. The zero-order chi connectivity index (χ0) is 34.4. The van der Waals surface area contributed by atoms with Gasteiger partial charge in [-0.05, 0) is 107 Å². The van der Waals surface area contributed by atoms with Crippen LogP contribution >= 0.6 is 0 Å². The Morgan fingerprint density at radius 2 is 1.67 bits per heavy atom. The first-order valence-electron chi connectivity index (χ1n) is 18.1. The Morgan fingerprint density at radius 3 is 2.27 bits per heavy atom. The van der Waals surface area contributed by atoms with E-state index in [4.69, 9.17) is 24.0 Å². The summed E-state index contributed by atoms with van der Waals surface area (Å²) in [5.41, 5.74) is 5.58. The Balaban J connectivity index is 1.21. The maximum atomic E-state index is 11.9. The van der Waals surface area contributed by atoms with Gasteiger partial charge in [0.25, 0.3) is 0 Å². The first-order chi connectivity index (χ1) is 23.8.